The fourth-order valence-electron chi connectivity index (χ4n) is 2.41. The molecular weight excluding hydrogens is 254 g/mol. The summed E-state index contributed by atoms with van der Waals surface area (Å²) in [5.74, 6) is -3.13. The predicted octanol–water partition coefficient (Wildman–Crippen LogP) is 2.62. The Labute approximate surface area is 130 Å². The van der Waals surface area contributed by atoms with E-state index in [0.717, 1.165) is 12.8 Å². The molecule has 4 heteroatoms. The fourth-order valence-corrected chi connectivity index (χ4v) is 2.41. The van der Waals surface area contributed by atoms with Gasteiger partial charge in [-0.1, -0.05) is 6.04 Å². The first-order valence-corrected chi connectivity index (χ1v) is 6.64. The average molecular weight is 283 g/mol. The van der Waals surface area contributed by atoms with Crippen LogP contribution in [0.1, 0.15) is 54.5 Å². The van der Waals surface area contributed by atoms with Crippen molar-refractivity contribution in [3.05, 3.63) is 23.7 Å². The highest BCUT2D eigenvalue weighted by molar-refractivity contribution is 5.79. The van der Waals surface area contributed by atoms with Gasteiger partial charge in [-0.15, -0.1) is 0 Å². The maximum Gasteiger partial charge on any atom is 0.220 e. The molecule has 1 unspecified atom stereocenters. The largest absolute Gasteiger partial charge is 0.493 e. The van der Waals surface area contributed by atoms with E-state index in [1.54, 1.807) is 0 Å². The van der Waals surface area contributed by atoms with Gasteiger partial charge in [-0.05, 0) is 43.3 Å². The van der Waals surface area contributed by atoms with Crippen LogP contribution in [-0.2, 0) is 4.79 Å². The summed E-state index contributed by atoms with van der Waals surface area (Å²) in [6, 6.07) is -1.71. The highest BCUT2D eigenvalue weighted by atomic mass is 16.5. The molecule has 4 nitrogen and oxygen atoms in total. The third-order valence-corrected chi connectivity index (χ3v) is 3.48. The molecule has 1 saturated heterocycles. The molecule has 0 aromatic heterocycles. The van der Waals surface area contributed by atoms with Crippen LogP contribution in [0.25, 0.3) is 0 Å². The molecule has 1 aliphatic carbocycles. The van der Waals surface area contributed by atoms with E-state index >= 15 is 0 Å². The van der Waals surface area contributed by atoms with Crippen LogP contribution in [-0.4, -0.2) is 25.6 Å². The van der Waals surface area contributed by atoms with Gasteiger partial charge in [-0.25, -0.2) is 0 Å². The summed E-state index contributed by atoms with van der Waals surface area (Å²) in [7, 11) is -2.96. The van der Waals surface area contributed by atoms with Crippen molar-refractivity contribution in [2.45, 2.75) is 44.1 Å². The number of methoxy groups -OCH3 is 1. The lowest BCUT2D eigenvalue weighted by Gasteiger charge is -2.18. The molecule has 1 N–H and O–H groups in total. The predicted molar refractivity (Wildman–Crippen MR) is 76.2 cm³/mol. The molecule has 0 radical (unpaired) electrons. The van der Waals surface area contributed by atoms with Crippen LogP contribution < -0.4 is 14.8 Å². The van der Waals surface area contributed by atoms with Crippen LogP contribution in [0.2, 0.25) is 0 Å². The molecule has 1 amide bonds. The van der Waals surface area contributed by atoms with Crippen LogP contribution in [0.5, 0.6) is 11.5 Å². The second-order valence-electron chi connectivity index (χ2n) is 4.92. The molecule has 1 aromatic carbocycles. The lowest BCUT2D eigenvalue weighted by atomic mass is 9.98. The molecule has 1 heterocycles. The maximum atomic E-state index is 11.6. The highest BCUT2D eigenvalue weighted by Gasteiger charge is 2.25. The standard InChI is InChI=1S/C16H21NO3/c1-19-14-7-6-11(12-9-16(18)17-10-12)8-15(14)20-13-4-2-3-5-13/h6-8,12-13H,2-5,9-10H2,1H3,(H,17,18)/i1D3,6D,7D,8D,12D,13D. The summed E-state index contributed by atoms with van der Waals surface area (Å²) in [5, 5.41) is 2.48. The highest BCUT2D eigenvalue weighted by Crippen LogP contribution is 2.35. The Morgan fingerprint density at radius 1 is 1.40 bits per heavy atom. The van der Waals surface area contributed by atoms with Crippen molar-refractivity contribution in [3.8, 4) is 11.5 Å². The van der Waals surface area contributed by atoms with E-state index in [1.807, 2.05) is 0 Å². The van der Waals surface area contributed by atoms with Crippen LogP contribution in [0, 0.1) is 0 Å². The molecule has 2 aliphatic rings. The van der Waals surface area contributed by atoms with Crippen molar-refractivity contribution in [1.82, 2.24) is 5.32 Å². The zero-order valence-electron chi connectivity index (χ0n) is 19.0. The van der Waals surface area contributed by atoms with Crippen molar-refractivity contribution in [2.24, 2.45) is 0 Å². The molecule has 0 spiro atoms. The zero-order valence-corrected chi connectivity index (χ0v) is 11.0. The third kappa shape index (κ3) is 2.74. The lowest BCUT2D eigenvalue weighted by Crippen LogP contribution is -2.14. The number of carbonyl (C=O) groups excluding carboxylic acids is 1. The summed E-state index contributed by atoms with van der Waals surface area (Å²) in [5.41, 5.74) is -0.217. The second kappa shape index (κ2) is 5.73. The summed E-state index contributed by atoms with van der Waals surface area (Å²) >= 11 is 0. The molecule has 0 bridgehead atoms. The van der Waals surface area contributed by atoms with E-state index in [4.69, 9.17) is 20.4 Å². The number of nitrogens with one attached hydrogen (secondary N) is 1. The number of amides is 1. The van der Waals surface area contributed by atoms with Crippen LogP contribution in [0.15, 0.2) is 18.1 Å². The first kappa shape index (κ1) is 6.83. The second-order valence-corrected chi connectivity index (χ2v) is 4.92. The summed E-state index contributed by atoms with van der Waals surface area (Å²) < 4.78 is 74.5. The number of rotatable bonds is 4. The Kier molecular flexibility index (Phi) is 1.96. The van der Waals surface area contributed by atoms with Gasteiger partial charge in [0.15, 0.2) is 11.5 Å². The smallest absolute Gasteiger partial charge is 0.220 e. The lowest BCUT2D eigenvalue weighted by molar-refractivity contribution is -0.119. The van der Waals surface area contributed by atoms with Crippen LogP contribution in [0.3, 0.4) is 0 Å². The van der Waals surface area contributed by atoms with E-state index in [0.29, 0.717) is 12.8 Å². The van der Waals surface area contributed by atoms with E-state index in [-0.39, 0.29) is 18.5 Å². The van der Waals surface area contributed by atoms with Crippen molar-refractivity contribution >= 4 is 5.91 Å². The topological polar surface area (TPSA) is 47.6 Å². The van der Waals surface area contributed by atoms with Crippen molar-refractivity contribution in [1.29, 1.82) is 0 Å². The number of benzene rings is 1. The van der Waals surface area contributed by atoms with E-state index in [1.165, 1.54) is 0 Å². The minimum Gasteiger partial charge on any atom is -0.493 e. The van der Waals surface area contributed by atoms with Gasteiger partial charge in [0, 0.05) is 20.2 Å². The Morgan fingerprint density at radius 2 is 2.25 bits per heavy atom. The molecule has 108 valence electrons. The van der Waals surface area contributed by atoms with Gasteiger partial charge in [-0.2, -0.15) is 0 Å². The minimum atomic E-state index is -2.96. The Balaban J connectivity index is 2.19. The number of hydrogen-bond donors (Lipinski definition) is 1. The first-order chi connectivity index (χ1) is 12.9. The van der Waals surface area contributed by atoms with Gasteiger partial charge in [0.05, 0.1) is 22.7 Å². The summed E-state index contributed by atoms with van der Waals surface area (Å²) in [4.78, 5) is 11.6. The van der Waals surface area contributed by atoms with E-state index in [2.05, 4.69) is 5.32 Å². The van der Waals surface area contributed by atoms with Crippen molar-refractivity contribution in [3.63, 3.8) is 0 Å². The van der Waals surface area contributed by atoms with Gasteiger partial charge >= 0.3 is 0 Å². The summed E-state index contributed by atoms with van der Waals surface area (Å²) in [6.45, 7) is -0.145. The molecule has 2 fully saturated rings. The molecule has 3 rings (SSSR count). The zero-order chi connectivity index (χ0) is 20.9. The molecule has 20 heavy (non-hydrogen) atoms. The van der Waals surface area contributed by atoms with Crippen molar-refractivity contribution in [2.75, 3.05) is 13.6 Å². The van der Waals surface area contributed by atoms with Gasteiger partial charge in [-0.3, -0.25) is 4.79 Å². The molecule has 1 atom stereocenters. The van der Waals surface area contributed by atoms with Gasteiger partial charge in [0.25, 0.3) is 0 Å². The molecule has 1 aliphatic heterocycles. The van der Waals surface area contributed by atoms with Gasteiger partial charge in [0.1, 0.15) is 0 Å². The normalized spacial score (nSPS) is 34.5. The van der Waals surface area contributed by atoms with E-state index < -0.39 is 54.5 Å². The van der Waals surface area contributed by atoms with Gasteiger partial charge in [0.2, 0.25) is 5.91 Å². The quantitative estimate of drug-likeness (QED) is 0.924. The monoisotopic (exact) mass is 283 g/mol. The Hall–Kier alpha value is -1.71. The SMILES string of the molecule is [2H]c1c([2H])c(C2([2H])CNC(=O)C2)c([2H])c(OC2([2H])CCCC2)c1OC([2H])([2H])[2H]. The number of ether oxygens (including phenoxy) is 2. The fraction of sp³-hybridized carbons (Fsp3) is 0.562. The molecule has 1 saturated carbocycles. The summed E-state index contributed by atoms with van der Waals surface area (Å²) in [6.07, 6.45) is 0.465. The Morgan fingerprint density at radius 3 is 2.95 bits per heavy atom. The van der Waals surface area contributed by atoms with Crippen LogP contribution >= 0.6 is 0 Å². The van der Waals surface area contributed by atoms with Crippen LogP contribution in [0.4, 0.5) is 0 Å². The number of hydrogen-bond acceptors (Lipinski definition) is 3. The minimum absolute atomic E-state index is 0.145. The third-order valence-electron chi connectivity index (χ3n) is 3.48. The van der Waals surface area contributed by atoms with Gasteiger partial charge < -0.3 is 14.8 Å². The maximum absolute atomic E-state index is 11.6. The number of carbonyl (C=O) groups is 1. The molecule has 1 aromatic rings. The average Bonchev–Trinajstić information content (AvgIpc) is 3.14. The molecular formula is C16H21NO3. The first-order valence-electron chi connectivity index (χ1n) is 10.6. The van der Waals surface area contributed by atoms with Crippen molar-refractivity contribution < 1.29 is 25.2 Å². The van der Waals surface area contributed by atoms with E-state index in [9.17, 15) is 4.79 Å². The Bertz CT molecular complexity index is 806.